The molecule has 2 fully saturated rings. The van der Waals surface area contributed by atoms with Crippen molar-refractivity contribution in [1.29, 1.82) is 0 Å². The van der Waals surface area contributed by atoms with Gasteiger partial charge in [-0.25, -0.2) is 0 Å². The number of rotatable bonds is 0. The number of hydrogen-bond donors (Lipinski definition) is 1. The molecule has 15 heavy (non-hydrogen) atoms. The first-order chi connectivity index (χ1) is 7.07. The zero-order valence-corrected chi connectivity index (χ0v) is 9.87. The van der Waals surface area contributed by atoms with Crippen LogP contribution >= 0.6 is 0 Å². The third kappa shape index (κ3) is 1.81. The molecule has 1 heteroatoms. The summed E-state index contributed by atoms with van der Waals surface area (Å²) in [4.78, 5) is 0. The lowest BCUT2D eigenvalue weighted by Crippen LogP contribution is -2.46. The van der Waals surface area contributed by atoms with Crippen molar-refractivity contribution in [2.24, 2.45) is 23.2 Å². The van der Waals surface area contributed by atoms with Gasteiger partial charge in [-0.2, -0.15) is 0 Å². The maximum Gasteiger partial charge on any atom is 0.0568 e. The summed E-state index contributed by atoms with van der Waals surface area (Å²) < 4.78 is 0. The van der Waals surface area contributed by atoms with E-state index in [1.54, 1.807) is 0 Å². The summed E-state index contributed by atoms with van der Waals surface area (Å²) in [5.74, 6) is 4.43. The number of hydrogen-bond acceptors (Lipinski definition) is 1. The van der Waals surface area contributed by atoms with Crippen LogP contribution in [0.4, 0.5) is 0 Å². The van der Waals surface area contributed by atoms with E-state index >= 15 is 0 Å². The summed E-state index contributed by atoms with van der Waals surface area (Å²) in [5, 5.41) is 9.94. The van der Waals surface area contributed by atoms with E-state index in [-0.39, 0.29) is 6.10 Å². The Morgan fingerprint density at radius 3 is 2.67 bits per heavy atom. The van der Waals surface area contributed by atoms with Gasteiger partial charge in [-0.05, 0) is 49.4 Å². The molecule has 0 aromatic carbocycles. The lowest BCUT2D eigenvalue weighted by atomic mass is 9.54. The normalized spacial score (nSPS) is 50.5. The van der Waals surface area contributed by atoms with Crippen LogP contribution in [0.1, 0.15) is 46.0 Å². The van der Waals surface area contributed by atoms with Crippen LogP contribution in [-0.2, 0) is 0 Å². The number of fused-ring (bicyclic) bond motifs is 1. The Kier molecular flexibility index (Phi) is 2.81. The minimum absolute atomic E-state index is 0.0976. The second-order valence-electron chi connectivity index (χ2n) is 5.86. The van der Waals surface area contributed by atoms with Crippen LogP contribution in [0.5, 0.6) is 0 Å². The largest absolute Gasteiger partial charge is 0.393 e. The van der Waals surface area contributed by atoms with E-state index in [0.717, 1.165) is 12.8 Å². The smallest absolute Gasteiger partial charge is 0.0568 e. The fourth-order valence-corrected chi connectivity index (χ4v) is 3.72. The number of terminal acetylenes is 1. The highest BCUT2D eigenvalue weighted by Crippen LogP contribution is 2.53. The van der Waals surface area contributed by atoms with Crippen molar-refractivity contribution in [3.63, 3.8) is 0 Å². The summed E-state index contributed by atoms with van der Waals surface area (Å²) in [6, 6.07) is 0. The van der Waals surface area contributed by atoms with Crippen molar-refractivity contribution in [2.75, 3.05) is 0 Å². The first-order valence-corrected chi connectivity index (χ1v) is 6.21. The Hall–Kier alpha value is -0.480. The Bertz CT molecular complexity index is 278. The van der Waals surface area contributed by atoms with Crippen molar-refractivity contribution < 1.29 is 5.11 Å². The van der Waals surface area contributed by atoms with Gasteiger partial charge in [0.25, 0.3) is 0 Å². The van der Waals surface area contributed by atoms with E-state index in [4.69, 9.17) is 6.42 Å². The van der Waals surface area contributed by atoms with E-state index in [2.05, 4.69) is 19.8 Å². The van der Waals surface area contributed by atoms with Crippen LogP contribution in [0.2, 0.25) is 0 Å². The predicted molar refractivity (Wildman–Crippen MR) is 62.2 cm³/mol. The van der Waals surface area contributed by atoms with E-state index in [1.807, 2.05) is 0 Å². The van der Waals surface area contributed by atoms with E-state index in [1.165, 1.54) is 19.3 Å². The predicted octanol–water partition coefficient (Wildman–Crippen LogP) is 2.83. The van der Waals surface area contributed by atoms with Gasteiger partial charge >= 0.3 is 0 Å². The van der Waals surface area contributed by atoms with Gasteiger partial charge in [0.1, 0.15) is 0 Å². The molecular formula is C14H22O. The molecule has 2 aliphatic carbocycles. The highest BCUT2D eigenvalue weighted by molar-refractivity contribution is 5.03. The molecular weight excluding hydrogens is 184 g/mol. The van der Waals surface area contributed by atoms with Gasteiger partial charge in [-0.15, -0.1) is 12.3 Å². The van der Waals surface area contributed by atoms with Gasteiger partial charge in [0.2, 0.25) is 0 Å². The molecule has 2 rings (SSSR count). The Morgan fingerprint density at radius 1 is 1.33 bits per heavy atom. The highest BCUT2D eigenvalue weighted by Gasteiger charge is 2.46. The zero-order chi connectivity index (χ0) is 11.1. The molecule has 0 radical (unpaired) electrons. The molecule has 1 N–H and O–H groups in total. The van der Waals surface area contributed by atoms with Crippen molar-refractivity contribution in [1.82, 2.24) is 0 Å². The topological polar surface area (TPSA) is 20.2 Å². The third-order valence-corrected chi connectivity index (χ3v) is 4.99. The molecule has 5 atom stereocenters. The van der Waals surface area contributed by atoms with Crippen LogP contribution in [0.3, 0.4) is 0 Å². The second-order valence-corrected chi connectivity index (χ2v) is 5.86. The molecule has 2 aliphatic rings. The summed E-state index contributed by atoms with van der Waals surface area (Å²) in [6.45, 7) is 4.60. The van der Waals surface area contributed by atoms with Crippen LogP contribution in [0.25, 0.3) is 0 Å². The minimum atomic E-state index is -0.0976. The van der Waals surface area contributed by atoms with Crippen LogP contribution in [-0.4, -0.2) is 11.2 Å². The molecule has 0 aromatic rings. The van der Waals surface area contributed by atoms with Gasteiger partial charge in [-0.1, -0.05) is 13.8 Å². The molecule has 0 aromatic heterocycles. The van der Waals surface area contributed by atoms with Gasteiger partial charge in [0, 0.05) is 5.92 Å². The molecule has 1 nitrogen and oxygen atoms in total. The van der Waals surface area contributed by atoms with E-state index < -0.39 is 0 Å². The molecule has 2 saturated carbocycles. The SMILES string of the molecule is C#C[C@@H]1CC[C@@]2(C)CC[C@@H](O)[C@H](C)[C@H]2C1. The van der Waals surface area contributed by atoms with E-state index in [9.17, 15) is 5.11 Å². The molecule has 0 amide bonds. The highest BCUT2D eigenvalue weighted by atomic mass is 16.3. The Balaban J connectivity index is 2.16. The average molecular weight is 206 g/mol. The van der Waals surface area contributed by atoms with Crippen LogP contribution in [0, 0.1) is 35.5 Å². The second kappa shape index (κ2) is 3.83. The third-order valence-electron chi connectivity index (χ3n) is 4.99. The summed E-state index contributed by atoms with van der Waals surface area (Å²) >= 11 is 0. The fourth-order valence-electron chi connectivity index (χ4n) is 3.72. The van der Waals surface area contributed by atoms with Gasteiger partial charge in [-0.3, -0.25) is 0 Å². The molecule has 0 bridgehead atoms. The van der Waals surface area contributed by atoms with Crippen molar-refractivity contribution in [3.8, 4) is 12.3 Å². The lowest BCUT2D eigenvalue weighted by molar-refractivity contribution is -0.0617. The molecule has 0 heterocycles. The van der Waals surface area contributed by atoms with Crippen molar-refractivity contribution in [2.45, 2.75) is 52.1 Å². The van der Waals surface area contributed by atoms with Crippen LogP contribution in [0.15, 0.2) is 0 Å². The average Bonchev–Trinajstić information content (AvgIpc) is 2.24. The Morgan fingerprint density at radius 2 is 2.00 bits per heavy atom. The molecule has 84 valence electrons. The number of aliphatic hydroxyl groups excluding tert-OH is 1. The monoisotopic (exact) mass is 206 g/mol. The minimum Gasteiger partial charge on any atom is -0.393 e. The maximum atomic E-state index is 9.94. The Labute approximate surface area is 93.3 Å². The first kappa shape index (κ1) is 11.0. The lowest BCUT2D eigenvalue weighted by Gasteiger charge is -2.51. The van der Waals surface area contributed by atoms with Gasteiger partial charge in [0.15, 0.2) is 0 Å². The first-order valence-electron chi connectivity index (χ1n) is 6.21. The van der Waals surface area contributed by atoms with Gasteiger partial charge < -0.3 is 5.11 Å². The van der Waals surface area contributed by atoms with Crippen molar-refractivity contribution in [3.05, 3.63) is 0 Å². The number of aliphatic hydroxyl groups is 1. The van der Waals surface area contributed by atoms with Crippen LogP contribution < -0.4 is 0 Å². The van der Waals surface area contributed by atoms with Crippen molar-refractivity contribution >= 4 is 0 Å². The van der Waals surface area contributed by atoms with Gasteiger partial charge in [0.05, 0.1) is 6.10 Å². The molecule has 0 saturated heterocycles. The summed E-state index contributed by atoms with van der Waals surface area (Å²) in [5.41, 5.74) is 0.450. The quantitative estimate of drug-likeness (QED) is 0.604. The summed E-state index contributed by atoms with van der Waals surface area (Å²) in [6.07, 6.45) is 11.2. The summed E-state index contributed by atoms with van der Waals surface area (Å²) in [7, 11) is 0. The van der Waals surface area contributed by atoms with E-state index in [0.29, 0.717) is 23.2 Å². The fraction of sp³-hybridized carbons (Fsp3) is 0.857. The maximum absolute atomic E-state index is 9.94. The zero-order valence-electron chi connectivity index (χ0n) is 9.87. The standard InChI is InChI=1S/C14H22O/c1-4-11-5-7-14(3)8-6-13(15)10(2)12(14)9-11/h1,10-13,15H,5-9H2,2-3H3/t10-,11-,12-,13-,14+/m1/s1. The molecule has 0 spiro atoms. The molecule has 0 unspecified atom stereocenters. The molecule has 0 aliphatic heterocycles.